The highest BCUT2D eigenvalue weighted by Crippen LogP contribution is 2.46. The maximum Gasteiger partial charge on any atom is 0.123 e. The van der Waals surface area contributed by atoms with Crippen molar-refractivity contribution in [2.24, 2.45) is 5.92 Å². The van der Waals surface area contributed by atoms with E-state index in [0.717, 1.165) is 32.0 Å². The van der Waals surface area contributed by atoms with Crippen LogP contribution in [-0.4, -0.2) is 37.0 Å². The molecule has 2 rings (SSSR count). The first kappa shape index (κ1) is 16.8. The average molecular weight is 311 g/mol. The molecule has 0 aromatic carbocycles. The average Bonchev–Trinajstić information content (AvgIpc) is 3.08. The topological polar surface area (TPSA) is 47.0 Å². The largest absolute Gasteiger partial charge is 0.383 e. The molecule has 1 heterocycles. The Morgan fingerprint density at radius 2 is 2.00 bits per heavy atom. The van der Waals surface area contributed by atoms with Crippen molar-refractivity contribution in [3.63, 3.8) is 0 Å². The number of nitrogens with one attached hydrogen (secondary N) is 1. The minimum Gasteiger partial charge on any atom is -0.383 e. The summed E-state index contributed by atoms with van der Waals surface area (Å²) in [6.07, 6.45) is 7.52. The lowest BCUT2D eigenvalue weighted by Crippen LogP contribution is -2.24. The smallest absolute Gasteiger partial charge is 0.123 e. The van der Waals surface area contributed by atoms with Gasteiger partial charge in [-0.05, 0) is 25.2 Å². The first-order valence-electron chi connectivity index (χ1n) is 8.19. The third-order valence-electron chi connectivity index (χ3n) is 4.28. The Kier molecular flexibility index (Phi) is 6.58. The summed E-state index contributed by atoms with van der Waals surface area (Å²) < 4.78 is 5.03. The lowest BCUT2D eigenvalue weighted by molar-refractivity contribution is 0.199. The van der Waals surface area contributed by atoms with E-state index in [1.54, 1.807) is 7.11 Å². The first-order valence-corrected chi connectivity index (χ1v) is 9.00. The minimum absolute atomic E-state index is 0.327. The minimum atomic E-state index is 0.327. The molecule has 0 saturated heterocycles. The molecule has 0 atom stereocenters. The molecule has 1 fully saturated rings. The molecule has 120 valence electrons. The van der Waals surface area contributed by atoms with Crippen LogP contribution in [-0.2, 0) is 16.6 Å². The van der Waals surface area contributed by atoms with Crippen molar-refractivity contribution in [2.45, 2.75) is 57.8 Å². The molecule has 0 unspecified atom stereocenters. The van der Waals surface area contributed by atoms with E-state index in [0.29, 0.717) is 5.41 Å². The number of rotatable bonds is 9. The van der Waals surface area contributed by atoms with Crippen molar-refractivity contribution < 1.29 is 4.74 Å². The molecule has 1 saturated carbocycles. The molecule has 1 N–H and O–H groups in total. The molecule has 0 bridgehead atoms. The van der Waals surface area contributed by atoms with Gasteiger partial charge in [0, 0.05) is 32.0 Å². The van der Waals surface area contributed by atoms with Crippen molar-refractivity contribution in [1.82, 2.24) is 15.5 Å². The zero-order valence-electron chi connectivity index (χ0n) is 13.7. The summed E-state index contributed by atoms with van der Waals surface area (Å²) in [6, 6.07) is 0. The highest BCUT2D eigenvalue weighted by Gasteiger charge is 2.39. The molecule has 4 nitrogen and oxygen atoms in total. The number of hydrogen-bond donors (Lipinski definition) is 1. The monoisotopic (exact) mass is 311 g/mol. The summed E-state index contributed by atoms with van der Waals surface area (Å²) in [4.78, 5) is 0. The Bertz CT molecular complexity index is 413. The van der Waals surface area contributed by atoms with E-state index < -0.39 is 0 Å². The summed E-state index contributed by atoms with van der Waals surface area (Å²) in [6.45, 7) is 7.26. The van der Waals surface area contributed by atoms with Gasteiger partial charge in [0.15, 0.2) is 0 Å². The summed E-state index contributed by atoms with van der Waals surface area (Å²) in [5.41, 5.74) is 0.327. The Morgan fingerprint density at radius 1 is 1.24 bits per heavy atom. The van der Waals surface area contributed by atoms with Gasteiger partial charge in [0.2, 0.25) is 0 Å². The molecule has 21 heavy (non-hydrogen) atoms. The van der Waals surface area contributed by atoms with Crippen LogP contribution in [0.5, 0.6) is 0 Å². The fraction of sp³-hybridized carbons (Fsp3) is 0.875. The number of ether oxygens (including phenoxy) is 1. The lowest BCUT2D eigenvalue weighted by Gasteiger charge is -2.27. The fourth-order valence-electron chi connectivity index (χ4n) is 3.40. The van der Waals surface area contributed by atoms with Crippen LogP contribution in [0.2, 0.25) is 0 Å². The number of methoxy groups -OCH3 is 1. The quantitative estimate of drug-likeness (QED) is 0.712. The second-order valence-electron chi connectivity index (χ2n) is 6.58. The molecule has 0 amide bonds. The van der Waals surface area contributed by atoms with Gasteiger partial charge in [0.25, 0.3) is 0 Å². The van der Waals surface area contributed by atoms with Crippen LogP contribution in [0.3, 0.4) is 0 Å². The van der Waals surface area contributed by atoms with Gasteiger partial charge in [-0.15, -0.1) is 21.5 Å². The third-order valence-corrected chi connectivity index (χ3v) is 5.51. The summed E-state index contributed by atoms with van der Waals surface area (Å²) in [5, 5.41) is 14.8. The second kappa shape index (κ2) is 8.20. The molecule has 0 spiro atoms. The van der Waals surface area contributed by atoms with E-state index in [9.17, 15) is 0 Å². The van der Waals surface area contributed by atoms with Crippen molar-refractivity contribution in [1.29, 1.82) is 0 Å². The second-order valence-corrected chi connectivity index (χ2v) is 7.64. The maximum atomic E-state index is 5.03. The molecule has 0 radical (unpaired) electrons. The molecule has 5 heteroatoms. The summed E-state index contributed by atoms with van der Waals surface area (Å²) >= 11 is 1.84. The predicted molar refractivity (Wildman–Crippen MR) is 88.0 cm³/mol. The standard InChI is InChI=1S/C16H29N3OS/c1-13(2)12-16(7-4-5-8-16)15-19-18-14(21-15)6-9-17-10-11-20-3/h13,17H,4-12H2,1-3H3. The maximum absolute atomic E-state index is 5.03. The van der Waals surface area contributed by atoms with Gasteiger partial charge in [-0.1, -0.05) is 26.7 Å². The third kappa shape index (κ3) is 4.73. The van der Waals surface area contributed by atoms with Crippen LogP contribution in [0.25, 0.3) is 0 Å². The van der Waals surface area contributed by atoms with E-state index in [2.05, 4.69) is 29.4 Å². The van der Waals surface area contributed by atoms with Crippen LogP contribution in [0.1, 0.15) is 56.0 Å². The first-order chi connectivity index (χ1) is 10.2. The van der Waals surface area contributed by atoms with E-state index >= 15 is 0 Å². The van der Waals surface area contributed by atoms with Gasteiger partial charge in [-0.25, -0.2) is 0 Å². The van der Waals surface area contributed by atoms with Crippen LogP contribution in [0.15, 0.2) is 0 Å². The lowest BCUT2D eigenvalue weighted by atomic mass is 9.79. The van der Waals surface area contributed by atoms with Crippen molar-refractivity contribution in [2.75, 3.05) is 26.8 Å². The fourth-order valence-corrected chi connectivity index (χ4v) is 4.50. The molecule has 0 aliphatic heterocycles. The number of aromatic nitrogens is 2. The van der Waals surface area contributed by atoms with Crippen LogP contribution < -0.4 is 5.32 Å². The van der Waals surface area contributed by atoms with Crippen molar-refractivity contribution in [3.05, 3.63) is 10.0 Å². The van der Waals surface area contributed by atoms with Crippen LogP contribution in [0, 0.1) is 5.92 Å². The summed E-state index contributed by atoms with van der Waals surface area (Å²) in [7, 11) is 1.73. The van der Waals surface area contributed by atoms with Gasteiger partial charge in [0.05, 0.1) is 6.61 Å². The number of hydrogen-bond acceptors (Lipinski definition) is 5. The normalized spacial score (nSPS) is 17.7. The van der Waals surface area contributed by atoms with Crippen molar-refractivity contribution >= 4 is 11.3 Å². The van der Waals surface area contributed by atoms with E-state index in [1.165, 1.54) is 42.1 Å². The van der Waals surface area contributed by atoms with Gasteiger partial charge in [-0.2, -0.15) is 0 Å². The molecule has 1 aromatic heterocycles. The zero-order valence-corrected chi connectivity index (χ0v) is 14.5. The van der Waals surface area contributed by atoms with Gasteiger partial charge >= 0.3 is 0 Å². The highest BCUT2D eigenvalue weighted by atomic mass is 32.1. The van der Waals surface area contributed by atoms with E-state index in [1.807, 2.05) is 11.3 Å². The SMILES string of the molecule is COCCNCCc1nnc(C2(CC(C)C)CCCC2)s1. The van der Waals surface area contributed by atoms with Crippen molar-refractivity contribution in [3.8, 4) is 0 Å². The zero-order chi connectivity index (χ0) is 15.1. The molecular formula is C16H29N3OS. The molecule has 1 aromatic rings. The predicted octanol–water partition coefficient (Wildman–Crippen LogP) is 3.17. The Balaban J connectivity index is 1.91. The molecule has 1 aliphatic rings. The summed E-state index contributed by atoms with van der Waals surface area (Å²) in [5.74, 6) is 0.728. The highest BCUT2D eigenvalue weighted by molar-refractivity contribution is 7.11. The van der Waals surface area contributed by atoms with Gasteiger partial charge < -0.3 is 10.1 Å². The number of nitrogens with zero attached hydrogens (tertiary/aromatic N) is 2. The van der Waals surface area contributed by atoms with Gasteiger partial charge in [0.1, 0.15) is 10.0 Å². The Hall–Kier alpha value is -0.520. The van der Waals surface area contributed by atoms with Crippen LogP contribution in [0.4, 0.5) is 0 Å². The van der Waals surface area contributed by atoms with Crippen LogP contribution >= 0.6 is 11.3 Å². The van der Waals surface area contributed by atoms with Gasteiger partial charge in [-0.3, -0.25) is 0 Å². The Morgan fingerprint density at radius 3 is 2.67 bits per heavy atom. The van der Waals surface area contributed by atoms with E-state index in [-0.39, 0.29) is 0 Å². The van der Waals surface area contributed by atoms with E-state index in [4.69, 9.17) is 4.74 Å². The molecule has 1 aliphatic carbocycles. The Labute approximate surface area is 132 Å². The molecular weight excluding hydrogens is 282 g/mol.